The fraction of sp³-hybridized carbons (Fsp3) is 0.625. The van der Waals surface area contributed by atoms with Crippen LogP contribution in [0.2, 0.25) is 0 Å². The molecule has 1 saturated heterocycles. The fourth-order valence-electron chi connectivity index (χ4n) is 2.78. The van der Waals surface area contributed by atoms with E-state index in [9.17, 15) is 0 Å². The SMILES string of the molecule is CCNC(CC1CCOC1)c1ccc(OC)cc1OC. The smallest absolute Gasteiger partial charge is 0.127 e. The summed E-state index contributed by atoms with van der Waals surface area (Å²) in [5, 5.41) is 3.56. The number of nitrogens with one attached hydrogen (secondary N) is 1. The molecule has 0 aliphatic carbocycles. The first-order valence-electron chi connectivity index (χ1n) is 7.31. The Bertz CT molecular complexity index is 416. The summed E-state index contributed by atoms with van der Waals surface area (Å²) in [4.78, 5) is 0. The zero-order chi connectivity index (χ0) is 14.4. The zero-order valence-corrected chi connectivity index (χ0v) is 12.6. The highest BCUT2D eigenvalue weighted by atomic mass is 16.5. The Morgan fingerprint density at radius 2 is 2.20 bits per heavy atom. The van der Waals surface area contributed by atoms with Crippen molar-refractivity contribution in [1.29, 1.82) is 0 Å². The Hall–Kier alpha value is -1.26. The van der Waals surface area contributed by atoms with Crippen molar-refractivity contribution in [3.63, 3.8) is 0 Å². The summed E-state index contributed by atoms with van der Waals surface area (Å²) >= 11 is 0. The molecule has 2 unspecified atom stereocenters. The van der Waals surface area contributed by atoms with E-state index < -0.39 is 0 Å². The van der Waals surface area contributed by atoms with Gasteiger partial charge in [0, 0.05) is 30.9 Å². The van der Waals surface area contributed by atoms with Crippen molar-refractivity contribution in [1.82, 2.24) is 5.32 Å². The van der Waals surface area contributed by atoms with Gasteiger partial charge in [-0.05, 0) is 31.4 Å². The van der Waals surface area contributed by atoms with E-state index in [1.807, 2.05) is 12.1 Å². The van der Waals surface area contributed by atoms with E-state index >= 15 is 0 Å². The second kappa shape index (κ2) is 7.50. The van der Waals surface area contributed by atoms with Gasteiger partial charge < -0.3 is 19.5 Å². The molecule has 1 fully saturated rings. The van der Waals surface area contributed by atoms with Gasteiger partial charge in [0.2, 0.25) is 0 Å². The summed E-state index contributed by atoms with van der Waals surface area (Å²) in [5.41, 5.74) is 1.20. The Labute approximate surface area is 121 Å². The average Bonchev–Trinajstić information content (AvgIpc) is 2.99. The topological polar surface area (TPSA) is 39.7 Å². The number of methoxy groups -OCH3 is 2. The van der Waals surface area contributed by atoms with Crippen LogP contribution in [0.1, 0.15) is 31.4 Å². The number of hydrogen-bond acceptors (Lipinski definition) is 4. The third kappa shape index (κ3) is 3.64. The maximum Gasteiger partial charge on any atom is 0.127 e. The van der Waals surface area contributed by atoms with Gasteiger partial charge in [0.05, 0.1) is 14.2 Å². The molecule has 0 saturated carbocycles. The molecule has 1 aromatic carbocycles. The summed E-state index contributed by atoms with van der Waals surface area (Å²) in [6.45, 7) is 4.84. The lowest BCUT2D eigenvalue weighted by atomic mass is 9.93. The predicted octanol–water partition coefficient (Wildman–Crippen LogP) is 2.78. The normalized spacial score (nSPS) is 19.9. The number of ether oxygens (including phenoxy) is 3. The second-order valence-electron chi connectivity index (χ2n) is 5.18. The van der Waals surface area contributed by atoms with Crippen LogP contribution in [0.15, 0.2) is 18.2 Å². The van der Waals surface area contributed by atoms with Crippen LogP contribution in [-0.2, 0) is 4.74 Å². The van der Waals surface area contributed by atoms with Crippen LogP contribution < -0.4 is 14.8 Å². The molecule has 1 aromatic rings. The molecule has 2 atom stereocenters. The van der Waals surface area contributed by atoms with Crippen molar-refractivity contribution in [2.75, 3.05) is 34.0 Å². The highest BCUT2D eigenvalue weighted by Gasteiger charge is 2.23. The van der Waals surface area contributed by atoms with Crippen molar-refractivity contribution >= 4 is 0 Å². The molecular formula is C16H25NO3. The quantitative estimate of drug-likeness (QED) is 0.833. The van der Waals surface area contributed by atoms with Crippen LogP contribution in [0.25, 0.3) is 0 Å². The molecule has 4 heteroatoms. The maximum atomic E-state index is 5.53. The summed E-state index contributed by atoms with van der Waals surface area (Å²) in [6.07, 6.45) is 2.23. The van der Waals surface area contributed by atoms with Gasteiger partial charge in [0.25, 0.3) is 0 Å². The van der Waals surface area contributed by atoms with Crippen LogP contribution in [0.3, 0.4) is 0 Å². The highest BCUT2D eigenvalue weighted by Crippen LogP contribution is 2.34. The van der Waals surface area contributed by atoms with Crippen molar-refractivity contribution in [3.8, 4) is 11.5 Å². The van der Waals surface area contributed by atoms with Gasteiger partial charge in [-0.2, -0.15) is 0 Å². The van der Waals surface area contributed by atoms with E-state index in [0.717, 1.165) is 44.1 Å². The minimum atomic E-state index is 0.299. The minimum Gasteiger partial charge on any atom is -0.497 e. The minimum absolute atomic E-state index is 0.299. The Balaban J connectivity index is 2.18. The summed E-state index contributed by atoms with van der Waals surface area (Å²) in [5.74, 6) is 2.34. The van der Waals surface area contributed by atoms with Crippen LogP contribution in [0, 0.1) is 5.92 Å². The van der Waals surface area contributed by atoms with E-state index in [1.54, 1.807) is 14.2 Å². The van der Waals surface area contributed by atoms with Crippen molar-refractivity contribution < 1.29 is 14.2 Å². The molecular weight excluding hydrogens is 254 g/mol. The molecule has 0 amide bonds. The lowest BCUT2D eigenvalue weighted by Crippen LogP contribution is -2.24. The van der Waals surface area contributed by atoms with Crippen LogP contribution in [0.5, 0.6) is 11.5 Å². The maximum absolute atomic E-state index is 5.53. The fourth-order valence-corrected chi connectivity index (χ4v) is 2.78. The molecule has 2 rings (SSSR count). The van der Waals surface area contributed by atoms with Gasteiger partial charge in [0.15, 0.2) is 0 Å². The van der Waals surface area contributed by atoms with Crippen LogP contribution >= 0.6 is 0 Å². The summed E-state index contributed by atoms with van der Waals surface area (Å²) in [7, 11) is 3.38. The average molecular weight is 279 g/mol. The van der Waals surface area contributed by atoms with Crippen molar-refractivity contribution in [3.05, 3.63) is 23.8 Å². The van der Waals surface area contributed by atoms with Gasteiger partial charge in [-0.3, -0.25) is 0 Å². The first-order valence-corrected chi connectivity index (χ1v) is 7.31. The van der Waals surface area contributed by atoms with Gasteiger partial charge in [0.1, 0.15) is 11.5 Å². The van der Waals surface area contributed by atoms with E-state index in [2.05, 4.69) is 18.3 Å². The standard InChI is InChI=1S/C16H25NO3/c1-4-17-15(9-12-7-8-20-11-12)14-6-5-13(18-2)10-16(14)19-3/h5-6,10,12,15,17H,4,7-9,11H2,1-3H3. The third-order valence-electron chi connectivity index (χ3n) is 3.86. The lowest BCUT2D eigenvalue weighted by Gasteiger charge is -2.23. The molecule has 1 N–H and O–H groups in total. The summed E-state index contributed by atoms with van der Waals surface area (Å²) in [6, 6.07) is 6.34. The van der Waals surface area contributed by atoms with Gasteiger partial charge >= 0.3 is 0 Å². The monoisotopic (exact) mass is 279 g/mol. The lowest BCUT2D eigenvalue weighted by molar-refractivity contribution is 0.181. The predicted molar refractivity (Wildman–Crippen MR) is 79.5 cm³/mol. The number of rotatable bonds is 7. The highest BCUT2D eigenvalue weighted by molar-refractivity contribution is 5.42. The first kappa shape index (κ1) is 15.1. The summed E-state index contributed by atoms with van der Waals surface area (Å²) < 4.78 is 16.3. The van der Waals surface area contributed by atoms with Gasteiger partial charge in [-0.15, -0.1) is 0 Å². The van der Waals surface area contributed by atoms with E-state index in [-0.39, 0.29) is 0 Å². The van der Waals surface area contributed by atoms with Gasteiger partial charge in [-0.25, -0.2) is 0 Å². The van der Waals surface area contributed by atoms with Gasteiger partial charge in [-0.1, -0.05) is 13.0 Å². The number of hydrogen-bond donors (Lipinski definition) is 1. The molecule has 0 bridgehead atoms. The third-order valence-corrected chi connectivity index (χ3v) is 3.86. The largest absolute Gasteiger partial charge is 0.497 e. The van der Waals surface area contributed by atoms with E-state index in [4.69, 9.17) is 14.2 Å². The molecule has 0 aromatic heterocycles. The Morgan fingerprint density at radius 1 is 1.35 bits per heavy atom. The molecule has 112 valence electrons. The molecule has 1 heterocycles. The zero-order valence-electron chi connectivity index (χ0n) is 12.6. The van der Waals surface area contributed by atoms with Crippen molar-refractivity contribution in [2.24, 2.45) is 5.92 Å². The van der Waals surface area contributed by atoms with Crippen LogP contribution in [0.4, 0.5) is 0 Å². The molecule has 4 nitrogen and oxygen atoms in total. The molecule has 0 spiro atoms. The second-order valence-corrected chi connectivity index (χ2v) is 5.18. The van der Waals surface area contributed by atoms with Crippen molar-refractivity contribution in [2.45, 2.75) is 25.8 Å². The van der Waals surface area contributed by atoms with E-state index in [0.29, 0.717) is 12.0 Å². The first-order chi connectivity index (χ1) is 9.78. The molecule has 20 heavy (non-hydrogen) atoms. The van der Waals surface area contributed by atoms with E-state index in [1.165, 1.54) is 5.56 Å². The number of benzene rings is 1. The molecule has 1 aliphatic rings. The molecule has 1 aliphatic heterocycles. The molecule has 0 radical (unpaired) electrons. The Kier molecular flexibility index (Phi) is 5.68. The van der Waals surface area contributed by atoms with Crippen LogP contribution in [-0.4, -0.2) is 34.0 Å². The Morgan fingerprint density at radius 3 is 2.80 bits per heavy atom.